The van der Waals surface area contributed by atoms with Gasteiger partial charge in [0.05, 0.1) is 0 Å². The summed E-state index contributed by atoms with van der Waals surface area (Å²) >= 11 is 3.49. The van der Waals surface area contributed by atoms with E-state index >= 15 is 0 Å². The summed E-state index contributed by atoms with van der Waals surface area (Å²) in [6, 6.07) is 7.10. The molecule has 1 nitrogen and oxygen atoms in total. The van der Waals surface area contributed by atoms with E-state index in [2.05, 4.69) is 34.1 Å². The average molecular weight is 268 g/mol. The molecule has 0 radical (unpaired) electrons. The van der Waals surface area contributed by atoms with E-state index in [1.54, 1.807) is 0 Å². The lowest BCUT2D eigenvalue weighted by atomic mass is 9.85. The Morgan fingerprint density at radius 3 is 3.07 bits per heavy atom. The van der Waals surface area contributed by atoms with Crippen molar-refractivity contribution in [3.05, 3.63) is 34.9 Å². The molecule has 0 saturated carbocycles. The molecule has 1 aliphatic carbocycles. The summed E-state index contributed by atoms with van der Waals surface area (Å²) in [6.07, 6.45) is 5.79. The molecule has 0 bridgehead atoms. The van der Waals surface area contributed by atoms with E-state index in [0.717, 1.165) is 18.2 Å². The normalized spacial score (nSPS) is 20.0. The van der Waals surface area contributed by atoms with Crippen LogP contribution in [0.5, 0.6) is 0 Å². The molecule has 0 aliphatic heterocycles. The highest BCUT2D eigenvalue weighted by atomic mass is 79.9. The van der Waals surface area contributed by atoms with Crippen LogP contribution in [-0.2, 0) is 19.3 Å². The first kappa shape index (κ1) is 11.2. The lowest BCUT2D eigenvalue weighted by Crippen LogP contribution is -2.28. The Morgan fingerprint density at radius 1 is 1.40 bits per heavy atom. The van der Waals surface area contributed by atoms with Crippen LogP contribution in [0, 0.1) is 0 Å². The molecule has 2 heteroatoms. The molecule has 1 aromatic rings. The third kappa shape index (κ3) is 2.61. The second-order valence-corrected chi connectivity index (χ2v) is 5.14. The van der Waals surface area contributed by atoms with Crippen LogP contribution in [0.4, 0.5) is 0 Å². The van der Waals surface area contributed by atoms with Gasteiger partial charge in [0.25, 0.3) is 0 Å². The first-order valence-corrected chi connectivity index (χ1v) is 6.84. The van der Waals surface area contributed by atoms with Gasteiger partial charge in [-0.15, -0.1) is 0 Å². The van der Waals surface area contributed by atoms with E-state index in [9.17, 15) is 0 Å². The highest BCUT2D eigenvalue weighted by Gasteiger charge is 2.17. The molecule has 0 heterocycles. The standard InChI is InChI=1S/C13H18BrN/c14-8-2-5-10-3-1-4-11-6-7-12(15)9-13(10)11/h1,3-4,12H,2,5-9,15H2/t12-/m1/s1. The number of halogens is 1. The number of hydrogen-bond donors (Lipinski definition) is 1. The van der Waals surface area contributed by atoms with Crippen molar-refractivity contribution in [2.45, 2.75) is 38.1 Å². The van der Waals surface area contributed by atoms with Gasteiger partial charge < -0.3 is 5.73 Å². The lowest BCUT2D eigenvalue weighted by Gasteiger charge is -2.24. The van der Waals surface area contributed by atoms with Crippen molar-refractivity contribution in [1.82, 2.24) is 0 Å². The first-order valence-electron chi connectivity index (χ1n) is 5.72. The Labute approximate surface area is 100 Å². The zero-order chi connectivity index (χ0) is 10.7. The van der Waals surface area contributed by atoms with Gasteiger partial charge in [0.1, 0.15) is 0 Å². The quantitative estimate of drug-likeness (QED) is 0.838. The molecular formula is C13H18BrN. The fourth-order valence-corrected chi connectivity index (χ4v) is 2.66. The van der Waals surface area contributed by atoms with Crippen LogP contribution >= 0.6 is 15.9 Å². The zero-order valence-corrected chi connectivity index (χ0v) is 10.6. The largest absolute Gasteiger partial charge is 0.327 e. The van der Waals surface area contributed by atoms with Crippen molar-refractivity contribution in [1.29, 1.82) is 0 Å². The van der Waals surface area contributed by atoms with Crippen molar-refractivity contribution in [3.8, 4) is 0 Å². The third-order valence-electron chi connectivity index (χ3n) is 3.20. The van der Waals surface area contributed by atoms with Gasteiger partial charge in [-0.05, 0) is 48.8 Å². The summed E-state index contributed by atoms with van der Waals surface area (Å²) in [7, 11) is 0. The molecule has 1 aromatic carbocycles. The smallest absolute Gasteiger partial charge is 0.00826 e. The first-order chi connectivity index (χ1) is 7.31. The Hall–Kier alpha value is -0.340. The van der Waals surface area contributed by atoms with Crippen molar-refractivity contribution >= 4 is 15.9 Å². The van der Waals surface area contributed by atoms with E-state index < -0.39 is 0 Å². The topological polar surface area (TPSA) is 26.0 Å². The number of benzene rings is 1. The minimum absolute atomic E-state index is 0.377. The molecule has 15 heavy (non-hydrogen) atoms. The predicted octanol–water partition coefficient (Wildman–Crippen LogP) is 2.83. The lowest BCUT2D eigenvalue weighted by molar-refractivity contribution is 0.572. The molecule has 0 saturated heterocycles. The van der Waals surface area contributed by atoms with Gasteiger partial charge in [-0.3, -0.25) is 0 Å². The highest BCUT2D eigenvalue weighted by Crippen LogP contribution is 2.24. The van der Waals surface area contributed by atoms with Gasteiger partial charge >= 0.3 is 0 Å². The highest BCUT2D eigenvalue weighted by molar-refractivity contribution is 9.09. The van der Waals surface area contributed by atoms with Crippen LogP contribution in [0.3, 0.4) is 0 Å². The van der Waals surface area contributed by atoms with Crippen LogP contribution in [0.15, 0.2) is 18.2 Å². The molecule has 0 amide bonds. The number of alkyl halides is 1. The number of hydrogen-bond acceptors (Lipinski definition) is 1. The van der Waals surface area contributed by atoms with Crippen LogP contribution < -0.4 is 5.73 Å². The van der Waals surface area contributed by atoms with Gasteiger partial charge in [-0.2, -0.15) is 0 Å². The molecule has 1 atom stereocenters. The summed E-state index contributed by atoms with van der Waals surface area (Å²) in [5.41, 5.74) is 10.6. The fraction of sp³-hybridized carbons (Fsp3) is 0.538. The number of fused-ring (bicyclic) bond motifs is 1. The van der Waals surface area contributed by atoms with Gasteiger partial charge in [0.15, 0.2) is 0 Å². The van der Waals surface area contributed by atoms with Crippen LogP contribution in [0.25, 0.3) is 0 Å². The van der Waals surface area contributed by atoms with Crippen LogP contribution in [-0.4, -0.2) is 11.4 Å². The second-order valence-electron chi connectivity index (χ2n) is 4.35. The van der Waals surface area contributed by atoms with E-state index in [4.69, 9.17) is 5.73 Å². The number of rotatable bonds is 3. The number of aryl methyl sites for hydroxylation is 2. The summed E-state index contributed by atoms with van der Waals surface area (Å²) < 4.78 is 0. The van der Waals surface area contributed by atoms with E-state index in [1.807, 2.05) is 0 Å². The monoisotopic (exact) mass is 267 g/mol. The zero-order valence-electron chi connectivity index (χ0n) is 9.01. The Balaban J connectivity index is 2.23. The van der Waals surface area contributed by atoms with E-state index in [1.165, 1.54) is 36.0 Å². The Kier molecular flexibility index (Phi) is 3.81. The minimum atomic E-state index is 0.377. The number of nitrogens with two attached hydrogens (primary N) is 1. The molecule has 0 spiro atoms. The van der Waals surface area contributed by atoms with Crippen molar-refractivity contribution in [2.75, 3.05) is 5.33 Å². The summed E-state index contributed by atoms with van der Waals surface area (Å²) in [5, 5.41) is 1.09. The molecule has 0 aromatic heterocycles. The maximum Gasteiger partial charge on any atom is 0.00826 e. The summed E-state index contributed by atoms with van der Waals surface area (Å²) in [4.78, 5) is 0. The molecule has 2 rings (SSSR count). The molecule has 0 unspecified atom stereocenters. The summed E-state index contributed by atoms with van der Waals surface area (Å²) in [6.45, 7) is 0. The predicted molar refractivity (Wildman–Crippen MR) is 68.6 cm³/mol. The van der Waals surface area contributed by atoms with Gasteiger partial charge in [-0.1, -0.05) is 34.1 Å². The molecule has 2 N–H and O–H groups in total. The molecule has 0 fully saturated rings. The Morgan fingerprint density at radius 2 is 2.27 bits per heavy atom. The maximum absolute atomic E-state index is 6.04. The molecular weight excluding hydrogens is 250 g/mol. The van der Waals surface area contributed by atoms with E-state index in [0.29, 0.717) is 6.04 Å². The average Bonchev–Trinajstić information content (AvgIpc) is 2.26. The van der Waals surface area contributed by atoms with Crippen LogP contribution in [0.2, 0.25) is 0 Å². The second kappa shape index (κ2) is 5.13. The van der Waals surface area contributed by atoms with Crippen LogP contribution in [0.1, 0.15) is 29.5 Å². The Bertz CT molecular complexity index is 335. The van der Waals surface area contributed by atoms with Crippen molar-refractivity contribution in [3.63, 3.8) is 0 Å². The maximum atomic E-state index is 6.04. The SMILES string of the molecule is N[C@@H]1CCc2cccc(CCCBr)c2C1. The van der Waals surface area contributed by atoms with Gasteiger partial charge in [0, 0.05) is 11.4 Å². The van der Waals surface area contributed by atoms with Crippen molar-refractivity contribution < 1.29 is 0 Å². The van der Waals surface area contributed by atoms with Gasteiger partial charge in [0.2, 0.25) is 0 Å². The fourth-order valence-electron chi connectivity index (χ4n) is 2.38. The van der Waals surface area contributed by atoms with Crippen molar-refractivity contribution in [2.24, 2.45) is 5.73 Å². The summed E-state index contributed by atoms with van der Waals surface area (Å²) in [5.74, 6) is 0. The molecule has 82 valence electrons. The third-order valence-corrected chi connectivity index (χ3v) is 3.76. The van der Waals surface area contributed by atoms with E-state index in [-0.39, 0.29) is 0 Å². The minimum Gasteiger partial charge on any atom is -0.327 e. The molecule has 1 aliphatic rings. The van der Waals surface area contributed by atoms with Gasteiger partial charge in [-0.25, -0.2) is 0 Å².